The number of nitrogens with two attached hydrogens (primary N) is 1. The van der Waals surface area contributed by atoms with Gasteiger partial charge >= 0.3 is 0 Å². The first-order valence-electron chi connectivity index (χ1n) is 4.92. The highest BCUT2D eigenvalue weighted by Gasteiger charge is 2.33. The number of nitrogens with zero attached hydrogens (tertiary/aromatic N) is 1. The molecule has 78 valence electrons. The third-order valence-electron chi connectivity index (χ3n) is 2.89. The predicted octanol–water partition coefficient (Wildman–Crippen LogP) is 0.659. The minimum atomic E-state index is -0.766. The Morgan fingerprint density at radius 3 is 2.62 bits per heavy atom. The normalized spacial score (nSPS) is 36.9. The van der Waals surface area contributed by atoms with Crippen LogP contribution < -0.4 is 11.3 Å². The van der Waals surface area contributed by atoms with Crippen LogP contribution in [-0.4, -0.2) is 35.7 Å². The summed E-state index contributed by atoms with van der Waals surface area (Å²) >= 11 is 0. The Kier molecular flexibility index (Phi) is 3.64. The molecule has 0 saturated carbocycles. The Labute approximate surface area is 79.4 Å². The van der Waals surface area contributed by atoms with Gasteiger partial charge in [-0.05, 0) is 27.2 Å². The van der Waals surface area contributed by atoms with Crippen molar-refractivity contribution in [1.82, 2.24) is 10.3 Å². The van der Waals surface area contributed by atoms with Crippen molar-refractivity contribution in [3.05, 3.63) is 0 Å². The molecule has 1 aliphatic rings. The second kappa shape index (κ2) is 4.35. The van der Waals surface area contributed by atoms with Crippen molar-refractivity contribution >= 4 is 0 Å². The van der Waals surface area contributed by atoms with Crippen LogP contribution in [0.4, 0.5) is 4.39 Å². The molecule has 1 rings (SSSR count). The summed E-state index contributed by atoms with van der Waals surface area (Å²) in [5.41, 5.74) is 2.66. The maximum Gasteiger partial charge on any atom is 0.117 e. The number of likely N-dealkylation sites (tertiary alicyclic amines) is 1. The average Bonchev–Trinajstić information content (AvgIpc) is 2.09. The van der Waals surface area contributed by atoms with Gasteiger partial charge in [0.2, 0.25) is 0 Å². The van der Waals surface area contributed by atoms with Gasteiger partial charge in [0.05, 0.1) is 0 Å². The highest BCUT2D eigenvalue weighted by Crippen LogP contribution is 2.22. The van der Waals surface area contributed by atoms with Gasteiger partial charge in [0.25, 0.3) is 0 Å². The molecule has 0 aromatic rings. The lowest BCUT2D eigenvalue weighted by atomic mass is 9.96. The number of piperidine rings is 1. The lowest BCUT2D eigenvalue weighted by Crippen LogP contribution is -2.58. The second-order valence-corrected chi connectivity index (χ2v) is 4.15. The third kappa shape index (κ3) is 2.39. The molecule has 0 radical (unpaired) electrons. The molecule has 1 heterocycles. The van der Waals surface area contributed by atoms with Crippen LogP contribution in [0, 0.1) is 0 Å². The summed E-state index contributed by atoms with van der Waals surface area (Å²) in [6, 6.07) is 0.489. The Morgan fingerprint density at radius 1 is 1.54 bits per heavy atom. The van der Waals surface area contributed by atoms with Gasteiger partial charge in [-0.15, -0.1) is 0 Å². The molecule has 0 amide bonds. The molecule has 3 atom stereocenters. The zero-order valence-corrected chi connectivity index (χ0v) is 8.63. The van der Waals surface area contributed by atoms with Crippen LogP contribution in [-0.2, 0) is 0 Å². The zero-order chi connectivity index (χ0) is 10.0. The summed E-state index contributed by atoms with van der Waals surface area (Å²) in [5.74, 6) is 5.33. The van der Waals surface area contributed by atoms with Gasteiger partial charge in [-0.2, -0.15) is 0 Å². The van der Waals surface area contributed by atoms with E-state index in [2.05, 4.69) is 24.2 Å². The summed E-state index contributed by atoms with van der Waals surface area (Å²) < 4.78 is 13.5. The largest absolute Gasteiger partial charge is 0.294 e. The van der Waals surface area contributed by atoms with Crippen molar-refractivity contribution in [2.45, 2.75) is 51.5 Å². The van der Waals surface area contributed by atoms with Crippen LogP contribution in [0.2, 0.25) is 0 Å². The van der Waals surface area contributed by atoms with Crippen LogP contribution in [0.25, 0.3) is 0 Å². The van der Waals surface area contributed by atoms with E-state index in [0.717, 1.165) is 6.54 Å². The summed E-state index contributed by atoms with van der Waals surface area (Å²) in [7, 11) is 0. The maximum absolute atomic E-state index is 13.5. The van der Waals surface area contributed by atoms with E-state index in [4.69, 9.17) is 5.84 Å². The number of alkyl halides is 1. The van der Waals surface area contributed by atoms with Gasteiger partial charge in [0.15, 0.2) is 0 Å². The van der Waals surface area contributed by atoms with Crippen LogP contribution in [0.5, 0.6) is 0 Å². The van der Waals surface area contributed by atoms with Gasteiger partial charge in [0, 0.05) is 24.7 Å². The summed E-state index contributed by atoms with van der Waals surface area (Å²) in [6.07, 6.45) is -0.238. The first-order chi connectivity index (χ1) is 6.06. The number of rotatable bonds is 2. The topological polar surface area (TPSA) is 41.3 Å². The molecule has 3 nitrogen and oxygen atoms in total. The van der Waals surface area contributed by atoms with Gasteiger partial charge in [-0.25, -0.2) is 4.39 Å². The predicted molar refractivity (Wildman–Crippen MR) is 51.9 cm³/mol. The van der Waals surface area contributed by atoms with Gasteiger partial charge in [-0.3, -0.25) is 16.2 Å². The first kappa shape index (κ1) is 10.9. The fourth-order valence-electron chi connectivity index (χ4n) is 1.97. The van der Waals surface area contributed by atoms with Gasteiger partial charge < -0.3 is 0 Å². The van der Waals surface area contributed by atoms with Crippen molar-refractivity contribution in [3.8, 4) is 0 Å². The van der Waals surface area contributed by atoms with Crippen molar-refractivity contribution in [2.75, 3.05) is 6.54 Å². The van der Waals surface area contributed by atoms with Crippen molar-refractivity contribution in [1.29, 1.82) is 0 Å². The molecule has 1 aliphatic heterocycles. The summed E-state index contributed by atoms with van der Waals surface area (Å²) in [4.78, 5) is 2.15. The lowest BCUT2D eigenvalue weighted by Gasteiger charge is -2.42. The molecule has 0 aromatic heterocycles. The summed E-state index contributed by atoms with van der Waals surface area (Å²) in [6.45, 7) is 6.96. The molecule has 1 saturated heterocycles. The van der Waals surface area contributed by atoms with Crippen molar-refractivity contribution in [3.63, 3.8) is 0 Å². The van der Waals surface area contributed by atoms with Gasteiger partial charge in [0.1, 0.15) is 6.17 Å². The number of hydrogen-bond donors (Lipinski definition) is 2. The molecule has 3 unspecified atom stereocenters. The van der Waals surface area contributed by atoms with E-state index in [1.165, 1.54) is 0 Å². The van der Waals surface area contributed by atoms with E-state index in [1.54, 1.807) is 0 Å². The van der Waals surface area contributed by atoms with Crippen LogP contribution in [0.1, 0.15) is 27.2 Å². The van der Waals surface area contributed by atoms with Crippen LogP contribution >= 0.6 is 0 Å². The van der Waals surface area contributed by atoms with E-state index >= 15 is 0 Å². The molecule has 1 fully saturated rings. The molecule has 4 heteroatoms. The molecule has 13 heavy (non-hydrogen) atoms. The van der Waals surface area contributed by atoms with Crippen LogP contribution in [0.15, 0.2) is 0 Å². The second-order valence-electron chi connectivity index (χ2n) is 4.15. The SMILES string of the molecule is CC(C)N1CC(NN)CC(F)C1C. The first-order valence-corrected chi connectivity index (χ1v) is 4.92. The fourth-order valence-corrected chi connectivity index (χ4v) is 1.97. The molecular weight excluding hydrogens is 169 g/mol. The van der Waals surface area contributed by atoms with E-state index in [0.29, 0.717) is 12.5 Å². The Bertz CT molecular complexity index is 163. The molecule has 0 aliphatic carbocycles. The Balaban J connectivity index is 2.60. The van der Waals surface area contributed by atoms with E-state index in [1.807, 2.05) is 6.92 Å². The molecule has 0 spiro atoms. The Hall–Kier alpha value is -0.190. The molecule has 0 aromatic carbocycles. The highest BCUT2D eigenvalue weighted by atomic mass is 19.1. The van der Waals surface area contributed by atoms with E-state index < -0.39 is 6.17 Å². The maximum atomic E-state index is 13.5. The number of nitrogens with one attached hydrogen (secondary N) is 1. The number of hydrazine groups is 1. The van der Waals surface area contributed by atoms with Crippen molar-refractivity contribution in [2.24, 2.45) is 5.84 Å². The molecule has 3 N–H and O–H groups in total. The minimum absolute atomic E-state index is 0.0181. The highest BCUT2D eigenvalue weighted by molar-refractivity contribution is 4.89. The summed E-state index contributed by atoms with van der Waals surface area (Å²) in [5, 5.41) is 0. The standard InChI is InChI=1S/C9H20FN3/c1-6(2)13-5-8(12-11)4-9(10)7(13)3/h6-9,12H,4-5,11H2,1-3H3. The lowest BCUT2D eigenvalue weighted by molar-refractivity contribution is 0.0338. The van der Waals surface area contributed by atoms with Crippen LogP contribution in [0.3, 0.4) is 0 Å². The molecular formula is C9H20FN3. The Morgan fingerprint density at radius 2 is 2.15 bits per heavy atom. The van der Waals surface area contributed by atoms with E-state index in [9.17, 15) is 4.39 Å². The average molecular weight is 189 g/mol. The van der Waals surface area contributed by atoms with Crippen molar-refractivity contribution < 1.29 is 4.39 Å². The fraction of sp³-hybridized carbons (Fsp3) is 1.00. The minimum Gasteiger partial charge on any atom is -0.294 e. The molecule has 0 bridgehead atoms. The van der Waals surface area contributed by atoms with E-state index in [-0.39, 0.29) is 12.1 Å². The monoisotopic (exact) mass is 189 g/mol. The third-order valence-corrected chi connectivity index (χ3v) is 2.89. The number of halogens is 1. The van der Waals surface area contributed by atoms with Gasteiger partial charge in [-0.1, -0.05) is 0 Å². The smallest absolute Gasteiger partial charge is 0.117 e. The zero-order valence-electron chi connectivity index (χ0n) is 8.63. The quantitative estimate of drug-likeness (QED) is 0.495. The number of hydrogen-bond acceptors (Lipinski definition) is 3.